The summed E-state index contributed by atoms with van der Waals surface area (Å²) in [6.07, 6.45) is 0. The summed E-state index contributed by atoms with van der Waals surface area (Å²) in [5, 5.41) is 1.23. The van der Waals surface area contributed by atoms with Crippen molar-refractivity contribution in [2.45, 2.75) is 50.0 Å². The van der Waals surface area contributed by atoms with Gasteiger partial charge in [-0.05, 0) is 93.4 Å². The molecule has 4 aromatic carbocycles. The van der Waals surface area contributed by atoms with Gasteiger partial charge < -0.3 is 4.74 Å². The lowest BCUT2D eigenvalue weighted by Gasteiger charge is -2.25. The summed E-state index contributed by atoms with van der Waals surface area (Å²) in [5.41, 5.74) is 1.65. The smallest absolute Gasteiger partial charge is 0.338 e. The van der Waals surface area contributed by atoms with Gasteiger partial charge in [0, 0.05) is 0 Å². The van der Waals surface area contributed by atoms with Crippen molar-refractivity contribution in [2.24, 2.45) is 0 Å². The first-order valence-electron chi connectivity index (χ1n) is 12.5. The second kappa shape index (κ2) is 10.6. The largest absolute Gasteiger partial charge is 0.456 e. The summed E-state index contributed by atoms with van der Waals surface area (Å²) in [4.78, 5) is 12.2. The van der Waals surface area contributed by atoms with Gasteiger partial charge in [0.25, 0.3) is 20.0 Å². The molecule has 4 rings (SSSR count). The van der Waals surface area contributed by atoms with Crippen LogP contribution in [-0.4, -0.2) is 28.4 Å². The van der Waals surface area contributed by atoms with Crippen LogP contribution < -0.4 is 3.71 Å². The Bertz CT molecular complexity index is 1740. The number of benzene rings is 4. The molecule has 0 amide bonds. The first-order valence-corrected chi connectivity index (χ1v) is 15.4. The van der Waals surface area contributed by atoms with Crippen LogP contribution >= 0.6 is 0 Å². The maximum Gasteiger partial charge on any atom is 0.338 e. The Morgan fingerprint density at radius 3 is 1.62 bits per heavy atom. The number of aryl methyl sites for hydroxylation is 2. The highest BCUT2D eigenvalue weighted by molar-refractivity contribution is 8.10. The highest BCUT2D eigenvalue weighted by atomic mass is 32.3. The van der Waals surface area contributed by atoms with E-state index < -0.39 is 31.6 Å². The second-order valence-corrected chi connectivity index (χ2v) is 14.4. The van der Waals surface area contributed by atoms with Crippen molar-refractivity contribution >= 4 is 48.0 Å². The maximum atomic E-state index is 13.9. The molecular weight excluding hydrogens is 546 g/mol. The average Bonchev–Trinajstić information content (AvgIpc) is 2.87. The fourth-order valence-electron chi connectivity index (χ4n) is 4.01. The van der Waals surface area contributed by atoms with Gasteiger partial charge in [-0.15, -0.1) is 0 Å². The molecule has 0 aliphatic heterocycles. The predicted molar refractivity (Wildman–Crippen MR) is 158 cm³/mol. The standard InChI is InChI=1S/C31H31NO6S2/c1-21-7-15-28(16-8-21)39(34,35)32(40(36,37)29-17-9-22(2)10-18-29)27-14-13-25-19-24(11-12-26(25)20-27)23(3)30(33)38-31(4,5)6/h7-20H,3H2,1-2,4-6H3. The van der Waals surface area contributed by atoms with E-state index in [1.807, 2.05) is 13.8 Å². The lowest BCUT2D eigenvalue weighted by molar-refractivity contribution is -0.147. The van der Waals surface area contributed by atoms with E-state index in [-0.39, 0.29) is 21.1 Å². The van der Waals surface area contributed by atoms with E-state index in [1.165, 1.54) is 36.4 Å². The molecule has 0 unspecified atom stereocenters. The molecule has 9 heteroatoms. The number of fused-ring (bicyclic) bond motifs is 1. The molecule has 0 bridgehead atoms. The van der Waals surface area contributed by atoms with Gasteiger partial charge in [-0.25, -0.2) is 21.6 Å². The summed E-state index contributed by atoms with van der Waals surface area (Å²) < 4.78 is 61.4. The molecule has 0 aromatic heterocycles. The van der Waals surface area contributed by atoms with Gasteiger partial charge in [0.05, 0.1) is 21.1 Å². The van der Waals surface area contributed by atoms with Crippen molar-refractivity contribution < 1.29 is 26.4 Å². The van der Waals surface area contributed by atoms with Gasteiger partial charge >= 0.3 is 5.97 Å². The molecule has 208 valence electrons. The minimum Gasteiger partial charge on any atom is -0.456 e. The lowest BCUT2D eigenvalue weighted by atomic mass is 10.0. The Morgan fingerprint density at radius 1 is 0.700 bits per heavy atom. The molecule has 4 aromatic rings. The molecule has 0 atom stereocenters. The number of sulfonamides is 2. The normalized spacial score (nSPS) is 12.2. The minimum absolute atomic E-state index is 0.0487. The van der Waals surface area contributed by atoms with Gasteiger partial charge in [0.15, 0.2) is 0 Å². The van der Waals surface area contributed by atoms with Crippen molar-refractivity contribution in [2.75, 3.05) is 3.71 Å². The van der Waals surface area contributed by atoms with Crippen LogP contribution in [0.4, 0.5) is 5.69 Å². The number of nitrogens with zero attached hydrogens (tertiary/aromatic N) is 1. The molecule has 0 N–H and O–H groups in total. The molecule has 0 aliphatic rings. The number of rotatable bonds is 7. The van der Waals surface area contributed by atoms with Crippen LogP contribution in [0.15, 0.2) is 101 Å². The molecule has 0 spiro atoms. The quantitative estimate of drug-likeness (QED) is 0.186. The number of anilines is 1. The fourth-order valence-corrected chi connectivity index (χ4v) is 7.69. The van der Waals surface area contributed by atoms with E-state index >= 15 is 0 Å². The third kappa shape index (κ3) is 5.95. The van der Waals surface area contributed by atoms with Crippen molar-refractivity contribution in [1.29, 1.82) is 0 Å². The summed E-state index contributed by atoms with van der Waals surface area (Å²) in [6.45, 7) is 12.8. The first-order chi connectivity index (χ1) is 18.6. The molecule has 0 fully saturated rings. The Balaban J connectivity index is 1.84. The second-order valence-electron chi connectivity index (χ2n) is 10.6. The Labute approximate surface area is 235 Å². The number of hydrogen-bond donors (Lipinski definition) is 0. The molecular formula is C31H31NO6S2. The number of carbonyl (C=O) groups excluding carboxylic acids is 1. The number of esters is 1. The van der Waals surface area contributed by atoms with Gasteiger partial charge in [-0.1, -0.05) is 60.2 Å². The molecule has 0 heterocycles. The van der Waals surface area contributed by atoms with Gasteiger partial charge in [-0.3, -0.25) is 0 Å². The Kier molecular flexibility index (Phi) is 7.66. The van der Waals surface area contributed by atoms with E-state index in [0.717, 1.165) is 11.1 Å². The van der Waals surface area contributed by atoms with E-state index in [1.54, 1.807) is 69.3 Å². The zero-order valence-electron chi connectivity index (χ0n) is 23.0. The van der Waals surface area contributed by atoms with Crippen molar-refractivity contribution in [3.63, 3.8) is 0 Å². The van der Waals surface area contributed by atoms with Crippen molar-refractivity contribution in [3.8, 4) is 0 Å². The fraction of sp³-hybridized carbons (Fsp3) is 0.194. The molecule has 40 heavy (non-hydrogen) atoms. The Morgan fingerprint density at radius 2 is 1.15 bits per heavy atom. The highest BCUT2D eigenvalue weighted by Crippen LogP contribution is 2.34. The summed E-state index contributed by atoms with van der Waals surface area (Å²) >= 11 is 0. The topological polar surface area (TPSA) is 97.8 Å². The third-order valence-electron chi connectivity index (χ3n) is 6.10. The van der Waals surface area contributed by atoms with Gasteiger partial charge in [0.2, 0.25) is 0 Å². The minimum atomic E-state index is -4.54. The zero-order chi connectivity index (χ0) is 29.5. The summed E-state index contributed by atoms with van der Waals surface area (Å²) in [5.74, 6) is -0.553. The predicted octanol–water partition coefficient (Wildman–Crippen LogP) is 6.40. The van der Waals surface area contributed by atoms with E-state index in [2.05, 4.69) is 6.58 Å². The molecule has 0 radical (unpaired) electrons. The monoisotopic (exact) mass is 577 g/mol. The molecule has 0 saturated carbocycles. The average molecular weight is 578 g/mol. The molecule has 0 saturated heterocycles. The van der Waals surface area contributed by atoms with E-state index in [4.69, 9.17) is 4.74 Å². The van der Waals surface area contributed by atoms with Crippen LogP contribution in [0.3, 0.4) is 0 Å². The van der Waals surface area contributed by atoms with Crippen molar-refractivity contribution in [1.82, 2.24) is 0 Å². The zero-order valence-corrected chi connectivity index (χ0v) is 24.6. The summed E-state index contributed by atoms with van der Waals surface area (Å²) in [7, 11) is -9.07. The highest BCUT2D eigenvalue weighted by Gasteiger charge is 2.37. The van der Waals surface area contributed by atoms with Crippen LogP contribution in [0.1, 0.15) is 37.5 Å². The first kappa shape index (κ1) is 29.0. The maximum absolute atomic E-state index is 13.9. The molecule has 0 aliphatic carbocycles. The van der Waals surface area contributed by atoms with Crippen molar-refractivity contribution in [3.05, 3.63) is 108 Å². The van der Waals surface area contributed by atoms with Crippen LogP contribution in [0.5, 0.6) is 0 Å². The van der Waals surface area contributed by atoms with Gasteiger partial charge in [0.1, 0.15) is 5.60 Å². The number of carbonyl (C=O) groups is 1. The van der Waals surface area contributed by atoms with E-state index in [0.29, 0.717) is 20.0 Å². The molecule has 7 nitrogen and oxygen atoms in total. The van der Waals surface area contributed by atoms with Gasteiger partial charge in [-0.2, -0.15) is 3.71 Å². The number of ether oxygens (including phenoxy) is 1. The van der Waals surface area contributed by atoms with Crippen LogP contribution in [0.2, 0.25) is 0 Å². The van der Waals surface area contributed by atoms with Crippen LogP contribution in [-0.2, 0) is 29.6 Å². The third-order valence-corrected chi connectivity index (χ3v) is 10.3. The SMILES string of the molecule is C=C(C(=O)OC(C)(C)C)c1ccc2cc(N(S(=O)(=O)c3ccc(C)cc3)S(=O)(=O)c3ccc(C)cc3)ccc2c1. The number of hydrogen-bond acceptors (Lipinski definition) is 6. The summed E-state index contributed by atoms with van der Waals surface area (Å²) in [6, 6.07) is 21.6. The Hall–Kier alpha value is -3.95. The van der Waals surface area contributed by atoms with E-state index in [9.17, 15) is 21.6 Å². The lowest BCUT2D eigenvalue weighted by Crippen LogP contribution is -2.37. The van der Waals surface area contributed by atoms with Crippen LogP contribution in [0, 0.1) is 13.8 Å². The van der Waals surface area contributed by atoms with Crippen LogP contribution in [0.25, 0.3) is 16.3 Å².